The van der Waals surface area contributed by atoms with Crippen LogP contribution in [0.2, 0.25) is 0 Å². The van der Waals surface area contributed by atoms with Gasteiger partial charge in [-0.2, -0.15) is 5.26 Å². The van der Waals surface area contributed by atoms with Gasteiger partial charge < -0.3 is 10.1 Å². The Morgan fingerprint density at radius 2 is 1.83 bits per heavy atom. The fourth-order valence-corrected chi connectivity index (χ4v) is 2.13. The lowest BCUT2D eigenvalue weighted by molar-refractivity contribution is -0.143. The highest BCUT2D eigenvalue weighted by molar-refractivity contribution is 5.96. The smallest absolute Gasteiger partial charge is 0.328 e. The number of nitriles is 1. The molecule has 0 spiro atoms. The molecule has 0 unspecified atom stereocenters. The lowest BCUT2D eigenvalue weighted by Gasteiger charge is -2.20. The van der Waals surface area contributed by atoms with E-state index in [4.69, 9.17) is 10.00 Å². The summed E-state index contributed by atoms with van der Waals surface area (Å²) in [5.41, 5.74) is 1.60. The van der Waals surface area contributed by atoms with Crippen LogP contribution in [0, 0.1) is 17.2 Å². The first-order valence-electron chi connectivity index (χ1n) is 7.58. The van der Waals surface area contributed by atoms with E-state index in [1.54, 1.807) is 19.1 Å². The van der Waals surface area contributed by atoms with Crippen molar-refractivity contribution in [3.05, 3.63) is 35.4 Å². The predicted octanol–water partition coefficient (Wildman–Crippen LogP) is 2.81. The highest BCUT2D eigenvalue weighted by Gasteiger charge is 2.24. The van der Waals surface area contributed by atoms with Gasteiger partial charge in [0.1, 0.15) is 6.04 Å². The van der Waals surface area contributed by atoms with Crippen molar-refractivity contribution in [1.82, 2.24) is 5.32 Å². The molecule has 2 atom stereocenters. The molecule has 1 aromatic carbocycles. The number of hydrogen-bond acceptors (Lipinski definition) is 4. The van der Waals surface area contributed by atoms with Crippen LogP contribution in [-0.2, 0) is 14.9 Å². The van der Waals surface area contributed by atoms with Crippen LogP contribution in [0.25, 0.3) is 0 Å². The van der Waals surface area contributed by atoms with Gasteiger partial charge >= 0.3 is 5.97 Å². The summed E-state index contributed by atoms with van der Waals surface area (Å²) >= 11 is 0. The average molecular weight is 316 g/mol. The molecular weight excluding hydrogens is 292 g/mol. The second-order valence-corrected chi connectivity index (χ2v) is 6.64. The first kappa shape index (κ1) is 18.7. The summed E-state index contributed by atoms with van der Waals surface area (Å²) in [5, 5.41) is 11.5. The predicted molar refractivity (Wildman–Crippen MR) is 87.8 cm³/mol. The summed E-state index contributed by atoms with van der Waals surface area (Å²) in [5.74, 6) is -1.26. The third kappa shape index (κ3) is 5.41. The van der Waals surface area contributed by atoms with Crippen molar-refractivity contribution < 1.29 is 14.3 Å². The van der Waals surface area contributed by atoms with Gasteiger partial charge in [-0.05, 0) is 36.5 Å². The molecule has 1 rings (SSSR count). The Morgan fingerprint density at radius 1 is 1.26 bits per heavy atom. The summed E-state index contributed by atoms with van der Waals surface area (Å²) in [7, 11) is 1.26. The van der Waals surface area contributed by atoms with Gasteiger partial charge in [0.2, 0.25) is 0 Å². The molecule has 124 valence electrons. The molecule has 0 radical (unpaired) electrons. The van der Waals surface area contributed by atoms with Crippen molar-refractivity contribution in [2.45, 2.75) is 45.6 Å². The quantitative estimate of drug-likeness (QED) is 0.847. The van der Waals surface area contributed by atoms with Crippen LogP contribution in [0.4, 0.5) is 0 Å². The molecule has 0 fully saturated rings. The van der Waals surface area contributed by atoms with Crippen LogP contribution in [0.15, 0.2) is 24.3 Å². The van der Waals surface area contributed by atoms with Crippen molar-refractivity contribution in [2.24, 2.45) is 5.92 Å². The zero-order chi connectivity index (χ0) is 17.6. The molecule has 23 heavy (non-hydrogen) atoms. The van der Waals surface area contributed by atoms with Gasteiger partial charge in [0.15, 0.2) is 0 Å². The summed E-state index contributed by atoms with van der Waals surface area (Å²) in [6.45, 7) is 7.98. The van der Waals surface area contributed by atoms with E-state index in [9.17, 15) is 9.59 Å². The Kier molecular flexibility index (Phi) is 6.32. The van der Waals surface area contributed by atoms with E-state index >= 15 is 0 Å². The minimum Gasteiger partial charge on any atom is -0.467 e. The number of rotatable bonds is 5. The van der Waals surface area contributed by atoms with E-state index in [1.807, 2.05) is 12.1 Å². The first-order valence-corrected chi connectivity index (χ1v) is 7.58. The highest BCUT2D eigenvalue weighted by atomic mass is 16.5. The van der Waals surface area contributed by atoms with Gasteiger partial charge in [-0.15, -0.1) is 0 Å². The third-order valence-electron chi connectivity index (χ3n) is 3.61. The molecule has 1 aromatic rings. The Balaban J connectivity index is 2.86. The topological polar surface area (TPSA) is 79.2 Å². The van der Waals surface area contributed by atoms with Crippen LogP contribution >= 0.6 is 0 Å². The number of carbonyl (C=O) groups is 2. The second kappa shape index (κ2) is 7.77. The van der Waals surface area contributed by atoms with E-state index in [0.717, 1.165) is 5.56 Å². The minimum absolute atomic E-state index is 0.00574. The number of benzene rings is 1. The van der Waals surface area contributed by atoms with Gasteiger partial charge in [0, 0.05) is 11.5 Å². The van der Waals surface area contributed by atoms with Crippen LogP contribution in [-0.4, -0.2) is 25.0 Å². The van der Waals surface area contributed by atoms with Crippen molar-refractivity contribution >= 4 is 11.9 Å². The number of methoxy groups -OCH3 is 1. The minimum atomic E-state index is -0.829. The first-order chi connectivity index (χ1) is 10.7. The molecule has 0 aliphatic heterocycles. The summed E-state index contributed by atoms with van der Waals surface area (Å²) in [6, 6.07) is 8.50. The maximum absolute atomic E-state index is 12.3. The molecule has 0 bridgehead atoms. The zero-order valence-corrected chi connectivity index (χ0v) is 14.3. The molecule has 0 saturated carbocycles. The fourth-order valence-electron chi connectivity index (χ4n) is 2.13. The monoisotopic (exact) mass is 316 g/mol. The molecule has 0 aromatic heterocycles. The SMILES string of the molecule is COC(=O)[C@@H](C[C@H](C)C#N)NC(=O)c1ccc(C(C)(C)C)cc1. The van der Waals surface area contributed by atoms with Crippen LogP contribution in [0.1, 0.15) is 50.0 Å². The maximum Gasteiger partial charge on any atom is 0.328 e. The van der Waals surface area contributed by atoms with E-state index < -0.39 is 12.0 Å². The Hall–Kier alpha value is -2.35. The zero-order valence-electron chi connectivity index (χ0n) is 14.3. The Morgan fingerprint density at radius 3 is 2.26 bits per heavy atom. The van der Waals surface area contributed by atoms with Gasteiger partial charge in [0.05, 0.1) is 13.2 Å². The van der Waals surface area contributed by atoms with Gasteiger partial charge in [-0.1, -0.05) is 32.9 Å². The van der Waals surface area contributed by atoms with E-state index in [-0.39, 0.29) is 23.7 Å². The Bertz CT molecular complexity index is 594. The number of carbonyl (C=O) groups excluding carboxylic acids is 2. The number of esters is 1. The van der Waals surface area contributed by atoms with Crippen molar-refractivity contribution in [3.63, 3.8) is 0 Å². The van der Waals surface area contributed by atoms with Crippen LogP contribution in [0.5, 0.6) is 0 Å². The molecule has 0 aliphatic carbocycles. The average Bonchev–Trinajstić information content (AvgIpc) is 2.52. The normalized spacial score (nSPS) is 13.6. The fraction of sp³-hybridized carbons (Fsp3) is 0.500. The van der Waals surface area contributed by atoms with E-state index in [1.165, 1.54) is 7.11 Å². The number of hydrogen-bond donors (Lipinski definition) is 1. The summed E-state index contributed by atoms with van der Waals surface area (Å²) in [4.78, 5) is 24.1. The number of amides is 1. The van der Waals surface area contributed by atoms with Gasteiger partial charge in [-0.3, -0.25) is 4.79 Å². The van der Waals surface area contributed by atoms with Crippen molar-refractivity contribution in [2.75, 3.05) is 7.11 Å². The van der Waals surface area contributed by atoms with Crippen LogP contribution < -0.4 is 5.32 Å². The summed E-state index contributed by atoms with van der Waals surface area (Å²) < 4.78 is 4.70. The van der Waals surface area contributed by atoms with Crippen molar-refractivity contribution in [3.8, 4) is 6.07 Å². The molecule has 0 saturated heterocycles. The molecule has 1 amide bonds. The molecule has 5 nitrogen and oxygen atoms in total. The summed E-state index contributed by atoms with van der Waals surface area (Å²) in [6.07, 6.45) is 0.217. The van der Waals surface area contributed by atoms with Crippen LogP contribution in [0.3, 0.4) is 0 Å². The van der Waals surface area contributed by atoms with E-state index in [0.29, 0.717) is 5.56 Å². The Labute approximate surface area is 137 Å². The van der Waals surface area contributed by atoms with Gasteiger partial charge in [0.25, 0.3) is 5.91 Å². The largest absolute Gasteiger partial charge is 0.467 e. The molecule has 1 N–H and O–H groups in total. The lowest BCUT2D eigenvalue weighted by Crippen LogP contribution is -2.42. The molecule has 0 aliphatic rings. The van der Waals surface area contributed by atoms with Crippen molar-refractivity contribution in [1.29, 1.82) is 5.26 Å². The highest BCUT2D eigenvalue weighted by Crippen LogP contribution is 2.22. The number of ether oxygens (including phenoxy) is 1. The maximum atomic E-state index is 12.3. The van der Waals surface area contributed by atoms with E-state index in [2.05, 4.69) is 32.2 Å². The molecule has 5 heteroatoms. The number of nitrogens with zero attached hydrogens (tertiary/aromatic N) is 1. The second-order valence-electron chi connectivity index (χ2n) is 6.64. The third-order valence-corrected chi connectivity index (χ3v) is 3.61. The molecule has 0 heterocycles. The molecular formula is C18H24N2O3. The number of nitrogens with one attached hydrogen (secondary N) is 1. The lowest BCUT2D eigenvalue weighted by atomic mass is 9.86. The van der Waals surface area contributed by atoms with Gasteiger partial charge in [-0.25, -0.2) is 4.79 Å². The standard InChI is InChI=1S/C18H24N2O3/c1-12(11-19)10-15(17(22)23-5)20-16(21)13-6-8-14(9-7-13)18(2,3)4/h6-9,12,15H,10H2,1-5H3,(H,20,21)/t12-,15+/m0/s1.